The predicted octanol–water partition coefficient (Wildman–Crippen LogP) is 3.40. The van der Waals surface area contributed by atoms with Gasteiger partial charge in [0.25, 0.3) is 5.91 Å². The average molecular weight is 394 g/mol. The number of thiophene rings is 1. The number of nitrogens with zero attached hydrogens (tertiary/aromatic N) is 6. The minimum atomic E-state index is -0.474. The number of hydrogen-bond acceptors (Lipinski definition) is 6. The fourth-order valence-electron chi connectivity index (χ4n) is 2.58. The van der Waals surface area contributed by atoms with E-state index >= 15 is 0 Å². The maximum atomic E-state index is 13.7. The highest BCUT2D eigenvalue weighted by Crippen LogP contribution is 2.26. The molecule has 1 aromatic carbocycles. The van der Waals surface area contributed by atoms with E-state index in [1.54, 1.807) is 12.1 Å². The normalized spacial score (nSPS) is 10.2. The van der Waals surface area contributed by atoms with Gasteiger partial charge in [0, 0.05) is 13.1 Å². The van der Waals surface area contributed by atoms with Gasteiger partial charge in [-0.1, -0.05) is 12.1 Å². The molecule has 3 aromatic rings. The third kappa shape index (κ3) is 4.22. The zero-order valence-corrected chi connectivity index (χ0v) is 15.6. The minimum absolute atomic E-state index is 0.0662. The summed E-state index contributed by atoms with van der Waals surface area (Å²) in [5, 5.41) is 23.8. The molecule has 0 bridgehead atoms. The number of amides is 1. The molecule has 1 amide bonds. The van der Waals surface area contributed by atoms with E-state index in [-0.39, 0.29) is 31.8 Å². The first-order valence-corrected chi connectivity index (χ1v) is 9.32. The topological polar surface area (TPSA) is 98.6 Å². The van der Waals surface area contributed by atoms with Crippen molar-refractivity contribution in [1.82, 2.24) is 19.7 Å². The maximum Gasteiger partial charge on any atom is 0.293 e. The summed E-state index contributed by atoms with van der Waals surface area (Å²) in [6, 6.07) is 13.5. The molecule has 0 spiro atoms. The van der Waals surface area contributed by atoms with Crippen LogP contribution in [0.1, 0.15) is 23.5 Å². The van der Waals surface area contributed by atoms with Crippen LogP contribution < -0.4 is 0 Å². The molecule has 0 aliphatic carbocycles. The number of rotatable bonds is 7. The first kappa shape index (κ1) is 19.2. The highest BCUT2D eigenvalue weighted by molar-refractivity contribution is 7.13. The van der Waals surface area contributed by atoms with Gasteiger partial charge in [-0.2, -0.15) is 10.5 Å². The second-order valence-corrected chi connectivity index (χ2v) is 6.68. The molecule has 0 aliphatic heterocycles. The lowest BCUT2D eigenvalue weighted by Gasteiger charge is -2.18. The van der Waals surface area contributed by atoms with Gasteiger partial charge >= 0.3 is 0 Å². The molecule has 0 N–H and O–H groups in total. The van der Waals surface area contributed by atoms with E-state index in [9.17, 15) is 9.18 Å². The Bertz CT molecular complexity index is 1030. The van der Waals surface area contributed by atoms with Crippen LogP contribution in [0, 0.1) is 28.5 Å². The van der Waals surface area contributed by atoms with E-state index in [0.29, 0.717) is 11.5 Å². The summed E-state index contributed by atoms with van der Waals surface area (Å²) in [7, 11) is 0. The molecule has 28 heavy (non-hydrogen) atoms. The largest absolute Gasteiger partial charge is 0.334 e. The second-order valence-electron chi connectivity index (χ2n) is 5.74. The van der Waals surface area contributed by atoms with E-state index in [4.69, 9.17) is 10.5 Å². The van der Waals surface area contributed by atoms with Gasteiger partial charge in [-0.05, 0) is 29.6 Å². The van der Waals surface area contributed by atoms with Gasteiger partial charge in [0.15, 0.2) is 5.82 Å². The summed E-state index contributed by atoms with van der Waals surface area (Å²) >= 11 is 1.42. The number of hydrogen-bond donors (Lipinski definition) is 0. The number of halogens is 1. The summed E-state index contributed by atoms with van der Waals surface area (Å²) < 4.78 is 15.1. The fourth-order valence-corrected chi connectivity index (χ4v) is 3.28. The molecule has 140 valence electrons. The molecule has 0 aliphatic rings. The summed E-state index contributed by atoms with van der Waals surface area (Å²) in [6.07, 6.45) is 0.277. The van der Waals surface area contributed by atoms with Crippen LogP contribution in [0.3, 0.4) is 0 Å². The van der Waals surface area contributed by atoms with Crippen LogP contribution in [-0.2, 0) is 0 Å². The van der Waals surface area contributed by atoms with E-state index in [1.165, 1.54) is 33.1 Å². The lowest BCUT2D eigenvalue weighted by Crippen LogP contribution is -2.33. The van der Waals surface area contributed by atoms with E-state index in [2.05, 4.69) is 10.1 Å². The number of carbonyl (C=O) groups excluding carboxylic acids is 1. The van der Waals surface area contributed by atoms with Crippen molar-refractivity contribution in [1.29, 1.82) is 10.5 Å². The van der Waals surface area contributed by atoms with Crippen molar-refractivity contribution in [3.05, 3.63) is 53.4 Å². The molecule has 0 atom stereocenters. The number of aromatic nitrogens is 3. The Balaban J connectivity index is 2.02. The van der Waals surface area contributed by atoms with Crippen molar-refractivity contribution in [2.45, 2.75) is 12.8 Å². The molecule has 3 rings (SSSR count). The number of carbonyl (C=O) groups is 1. The van der Waals surface area contributed by atoms with Gasteiger partial charge in [-0.25, -0.2) is 14.1 Å². The molecular weight excluding hydrogens is 379 g/mol. The minimum Gasteiger partial charge on any atom is -0.334 e. The Morgan fingerprint density at radius 2 is 1.93 bits per heavy atom. The van der Waals surface area contributed by atoms with Gasteiger partial charge < -0.3 is 4.90 Å². The lowest BCUT2D eigenvalue weighted by atomic mass is 10.3. The fraction of sp³-hybridized carbons (Fsp3) is 0.211. The zero-order valence-electron chi connectivity index (χ0n) is 14.7. The van der Waals surface area contributed by atoms with Crippen LogP contribution in [0.15, 0.2) is 41.8 Å². The Hall–Kier alpha value is -3.56. The Kier molecular flexibility index (Phi) is 6.10. The standard InChI is InChI=1S/C19H15FN6OS/c20-14-5-1-6-15(13-14)26-18(16-7-2-12-28-16)23-17(24-26)19(27)25(10-3-8-21)11-4-9-22/h1-2,5-7,12-13H,3-4,10-11H2. The first-order chi connectivity index (χ1) is 13.6. The molecule has 0 saturated heterocycles. The van der Waals surface area contributed by atoms with Crippen molar-refractivity contribution in [2.75, 3.05) is 13.1 Å². The molecular formula is C19H15FN6OS. The number of benzene rings is 1. The monoisotopic (exact) mass is 394 g/mol. The van der Waals surface area contributed by atoms with Crippen molar-refractivity contribution in [3.8, 4) is 28.5 Å². The van der Waals surface area contributed by atoms with Crippen LogP contribution in [0.2, 0.25) is 0 Å². The van der Waals surface area contributed by atoms with Crippen LogP contribution in [0.25, 0.3) is 16.4 Å². The summed E-state index contributed by atoms with van der Waals surface area (Å²) in [6.45, 7) is 0.361. The summed E-state index contributed by atoms with van der Waals surface area (Å²) in [5.41, 5.74) is 0.440. The molecule has 7 nitrogen and oxygen atoms in total. The van der Waals surface area contributed by atoms with Gasteiger partial charge in [0.1, 0.15) is 5.82 Å². The van der Waals surface area contributed by atoms with Crippen molar-refractivity contribution in [3.63, 3.8) is 0 Å². The van der Waals surface area contributed by atoms with Gasteiger partial charge in [-0.3, -0.25) is 4.79 Å². The molecule has 0 saturated carbocycles. The Morgan fingerprint density at radius 1 is 1.18 bits per heavy atom. The summed E-state index contributed by atoms with van der Waals surface area (Å²) in [5.74, 6) is -0.547. The van der Waals surface area contributed by atoms with Crippen LogP contribution >= 0.6 is 11.3 Å². The predicted molar refractivity (Wildman–Crippen MR) is 101 cm³/mol. The highest BCUT2D eigenvalue weighted by Gasteiger charge is 2.23. The quantitative estimate of drug-likeness (QED) is 0.611. The molecule has 2 aromatic heterocycles. The second kappa shape index (κ2) is 8.89. The molecule has 0 fully saturated rings. The van der Waals surface area contributed by atoms with Gasteiger partial charge in [-0.15, -0.1) is 16.4 Å². The van der Waals surface area contributed by atoms with Crippen LogP contribution in [-0.4, -0.2) is 38.7 Å². The zero-order chi connectivity index (χ0) is 19.9. The van der Waals surface area contributed by atoms with E-state index in [1.807, 2.05) is 29.7 Å². The lowest BCUT2D eigenvalue weighted by molar-refractivity contribution is 0.0750. The van der Waals surface area contributed by atoms with E-state index < -0.39 is 11.7 Å². The van der Waals surface area contributed by atoms with Crippen molar-refractivity contribution >= 4 is 17.2 Å². The van der Waals surface area contributed by atoms with Gasteiger partial charge in [0.05, 0.1) is 35.5 Å². The molecule has 0 radical (unpaired) electrons. The smallest absolute Gasteiger partial charge is 0.293 e. The molecule has 2 heterocycles. The maximum absolute atomic E-state index is 13.7. The SMILES string of the molecule is N#CCCN(CCC#N)C(=O)c1nc(-c2cccs2)n(-c2cccc(F)c2)n1. The third-order valence-electron chi connectivity index (χ3n) is 3.87. The molecule has 9 heteroatoms. The van der Waals surface area contributed by atoms with Crippen molar-refractivity contribution < 1.29 is 9.18 Å². The molecule has 0 unspecified atom stereocenters. The van der Waals surface area contributed by atoms with Crippen LogP contribution in [0.5, 0.6) is 0 Å². The Labute approximate surface area is 164 Å². The van der Waals surface area contributed by atoms with Crippen molar-refractivity contribution in [2.24, 2.45) is 0 Å². The number of nitriles is 2. The third-order valence-corrected chi connectivity index (χ3v) is 4.73. The van der Waals surface area contributed by atoms with E-state index in [0.717, 1.165) is 4.88 Å². The van der Waals surface area contributed by atoms with Crippen LogP contribution in [0.4, 0.5) is 4.39 Å². The van der Waals surface area contributed by atoms with Gasteiger partial charge in [0.2, 0.25) is 5.82 Å². The first-order valence-electron chi connectivity index (χ1n) is 8.44. The Morgan fingerprint density at radius 3 is 2.54 bits per heavy atom. The average Bonchev–Trinajstić information content (AvgIpc) is 3.37. The summed E-state index contributed by atoms with van der Waals surface area (Å²) in [4.78, 5) is 19.4. The highest BCUT2D eigenvalue weighted by atomic mass is 32.1.